The first-order chi connectivity index (χ1) is 12.5. The molecule has 0 radical (unpaired) electrons. The number of aromatic amines is 1. The van der Waals surface area contributed by atoms with E-state index >= 15 is 0 Å². The summed E-state index contributed by atoms with van der Waals surface area (Å²) >= 11 is 12.5. The van der Waals surface area contributed by atoms with E-state index in [1.807, 2.05) is 13.0 Å². The van der Waals surface area contributed by atoms with Gasteiger partial charge in [0.15, 0.2) is 5.82 Å². The zero-order chi connectivity index (χ0) is 18.3. The molecule has 0 aliphatic rings. The molecule has 4 aromatic rings. The minimum Gasteiger partial charge on any atom is -0.237 e. The van der Waals surface area contributed by atoms with Crippen molar-refractivity contribution in [1.82, 2.24) is 30.4 Å². The third-order valence-electron chi connectivity index (χ3n) is 4.15. The fraction of sp³-hybridized carbons (Fsp3) is 0.111. The Hall–Kier alpha value is -2.70. The second-order valence-corrected chi connectivity index (χ2v) is 6.79. The molecule has 0 atom stereocenters. The van der Waals surface area contributed by atoms with Crippen molar-refractivity contribution in [3.05, 3.63) is 63.6 Å². The molecule has 4 rings (SSSR count). The topological polar surface area (TPSA) is 72.3 Å². The highest BCUT2D eigenvalue weighted by Crippen LogP contribution is 2.35. The molecule has 0 bridgehead atoms. The van der Waals surface area contributed by atoms with Gasteiger partial charge in [0.1, 0.15) is 5.69 Å². The predicted molar refractivity (Wildman–Crippen MR) is 102 cm³/mol. The number of halogens is 2. The lowest BCUT2D eigenvalue weighted by atomic mass is 10.0. The normalized spacial score (nSPS) is 11.1. The van der Waals surface area contributed by atoms with Crippen LogP contribution >= 0.6 is 23.2 Å². The number of H-pyrrole nitrogens is 1. The van der Waals surface area contributed by atoms with Crippen LogP contribution < -0.4 is 0 Å². The first kappa shape index (κ1) is 16.8. The highest BCUT2D eigenvalue weighted by atomic mass is 35.5. The Bertz CT molecular complexity index is 1070. The summed E-state index contributed by atoms with van der Waals surface area (Å²) in [6, 6.07) is 13.6. The Morgan fingerprint density at radius 1 is 1.00 bits per heavy atom. The van der Waals surface area contributed by atoms with Gasteiger partial charge in [-0.1, -0.05) is 53.0 Å². The molecule has 2 heterocycles. The summed E-state index contributed by atoms with van der Waals surface area (Å²) in [4.78, 5) is 0. The molecule has 26 heavy (non-hydrogen) atoms. The molecule has 0 amide bonds. The number of hydrogen-bond acceptors (Lipinski definition) is 4. The minimum absolute atomic E-state index is 0.500. The first-order valence-corrected chi connectivity index (χ1v) is 8.66. The zero-order valence-corrected chi connectivity index (χ0v) is 15.5. The van der Waals surface area contributed by atoms with Gasteiger partial charge in [-0.3, -0.25) is 0 Å². The van der Waals surface area contributed by atoms with Gasteiger partial charge >= 0.3 is 0 Å². The van der Waals surface area contributed by atoms with Gasteiger partial charge in [0, 0.05) is 16.1 Å². The molecule has 0 aliphatic carbocycles. The van der Waals surface area contributed by atoms with E-state index < -0.39 is 0 Å². The maximum atomic E-state index is 6.44. The van der Waals surface area contributed by atoms with E-state index in [9.17, 15) is 0 Å². The molecule has 2 aromatic heterocycles. The van der Waals surface area contributed by atoms with E-state index in [1.165, 1.54) is 5.56 Å². The average Bonchev–Trinajstić information content (AvgIpc) is 3.24. The monoisotopic (exact) mass is 384 g/mol. The van der Waals surface area contributed by atoms with Crippen molar-refractivity contribution in [1.29, 1.82) is 0 Å². The van der Waals surface area contributed by atoms with E-state index in [4.69, 9.17) is 28.3 Å². The fourth-order valence-corrected chi connectivity index (χ4v) is 3.35. The molecule has 0 spiro atoms. The lowest BCUT2D eigenvalue weighted by Gasteiger charge is -2.11. The molecule has 130 valence electrons. The Morgan fingerprint density at radius 3 is 2.42 bits per heavy atom. The Kier molecular flexibility index (Phi) is 4.22. The van der Waals surface area contributed by atoms with E-state index in [2.05, 4.69) is 51.8 Å². The molecule has 2 aromatic carbocycles. The Labute approximate surface area is 159 Å². The maximum absolute atomic E-state index is 6.44. The lowest BCUT2D eigenvalue weighted by Crippen LogP contribution is -2.00. The third kappa shape index (κ3) is 2.87. The standard InChI is InChI=1S/C18H14Cl2N6/c1-10-3-5-12(6-4-10)17-11(2)16(18-21-24-25-22-18)23-26(17)15-8-7-13(19)9-14(15)20/h3-9H,1-2H3,(H,21,22,24,25). The van der Waals surface area contributed by atoms with Gasteiger partial charge in [0.05, 0.1) is 16.4 Å². The smallest absolute Gasteiger partial charge is 0.200 e. The van der Waals surface area contributed by atoms with Crippen molar-refractivity contribution in [2.75, 3.05) is 0 Å². The molecule has 0 saturated heterocycles. The number of nitrogens with zero attached hydrogens (tertiary/aromatic N) is 5. The summed E-state index contributed by atoms with van der Waals surface area (Å²) in [5.74, 6) is 0.500. The largest absolute Gasteiger partial charge is 0.237 e. The van der Waals surface area contributed by atoms with Crippen LogP contribution in [0.15, 0.2) is 42.5 Å². The molecular formula is C18H14Cl2N6. The van der Waals surface area contributed by atoms with Crippen molar-refractivity contribution in [3.8, 4) is 28.5 Å². The number of rotatable bonds is 3. The molecule has 1 N–H and O–H groups in total. The number of aryl methyl sites for hydroxylation is 1. The van der Waals surface area contributed by atoms with Crippen LogP contribution in [0, 0.1) is 13.8 Å². The Morgan fingerprint density at radius 2 is 1.77 bits per heavy atom. The van der Waals surface area contributed by atoms with Crippen molar-refractivity contribution < 1.29 is 0 Å². The molecule has 0 saturated carbocycles. The second kappa shape index (κ2) is 6.55. The van der Waals surface area contributed by atoms with Crippen LogP contribution in [0.4, 0.5) is 0 Å². The SMILES string of the molecule is Cc1ccc(-c2c(C)c(-c3nnn[nH]3)nn2-c2ccc(Cl)cc2Cl)cc1. The molecule has 0 aliphatic heterocycles. The summed E-state index contributed by atoms with van der Waals surface area (Å²) in [6.07, 6.45) is 0. The maximum Gasteiger partial charge on any atom is 0.200 e. The third-order valence-corrected chi connectivity index (χ3v) is 4.69. The van der Waals surface area contributed by atoms with Gasteiger partial charge in [-0.25, -0.2) is 9.78 Å². The fourth-order valence-electron chi connectivity index (χ4n) is 2.86. The van der Waals surface area contributed by atoms with Crippen LogP contribution in [0.3, 0.4) is 0 Å². The van der Waals surface area contributed by atoms with Crippen molar-refractivity contribution in [3.63, 3.8) is 0 Å². The summed E-state index contributed by atoms with van der Waals surface area (Å²) < 4.78 is 1.80. The molecule has 6 nitrogen and oxygen atoms in total. The van der Waals surface area contributed by atoms with Crippen molar-refractivity contribution in [2.45, 2.75) is 13.8 Å². The number of benzene rings is 2. The average molecular weight is 385 g/mol. The van der Waals surface area contributed by atoms with E-state index in [0.717, 1.165) is 22.5 Å². The highest BCUT2D eigenvalue weighted by molar-refractivity contribution is 6.35. The summed E-state index contributed by atoms with van der Waals surface area (Å²) in [5, 5.41) is 19.9. The number of nitrogens with one attached hydrogen (secondary N) is 1. The summed E-state index contributed by atoms with van der Waals surface area (Å²) in [5.41, 5.74) is 5.45. The van der Waals surface area contributed by atoms with Crippen LogP contribution in [-0.2, 0) is 0 Å². The summed E-state index contributed by atoms with van der Waals surface area (Å²) in [7, 11) is 0. The zero-order valence-electron chi connectivity index (χ0n) is 14.0. The van der Waals surface area contributed by atoms with Gasteiger partial charge in [0.2, 0.25) is 0 Å². The molecular weight excluding hydrogens is 371 g/mol. The van der Waals surface area contributed by atoms with Gasteiger partial charge in [-0.2, -0.15) is 5.10 Å². The highest BCUT2D eigenvalue weighted by Gasteiger charge is 2.21. The molecule has 0 fully saturated rings. The van der Waals surface area contributed by atoms with Crippen LogP contribution in [0.2, 0.25) is 10.0 Å². The van der Waals surface area contributed by atoms with Crippen LogP contribution in [0.25, 0.3) is 28.5 Å². The lowest BCUT2D eigenvalue weighted by molar-refractivity contribution is 0.881. The van der Waals surface area contributed by atoms with Gasteiger partial charge in [-0.15, -0.1) is 5.10 Å². The van der Waals surface area contributed by atoms with Crippen molar-refractivity contribution >= 4 is 23.2 Å². The van der Waals surface area contributed by atoms with Gasteiger partial charge < -0.3 is 0 Å². The minimum atomic E-state index is 0.500. The second-order valence-electron chi connectivity index (χ2n) is 5.95. The number of hydrogen-bond donors (Lipinski definition) is 1. The Balaban J connectivity index is 2.00. The first-order valence-electron chi connectivity index (χ1n) is 7.91. The van der Waals surface area contributed by atoms with Crippen LogP contribution in [-0.4, -0.2) is 30.4 Å². The van der Waals surface area contributed by atoms with E-state index in [0.29, 0.717) is 21.6 Å². The predicted octanol–water partition coefficient (Wildman–Crippen LogP) is 4.64. The van der Waals surface area contributed by atoms with Gasteiger partial charge in [-0.05, 0) is 42.5 Å². The molecule has 8 heteroatoms. The van der Waals surface area contributed by atoms with Gasteiger partial charge in [0.25, 0.3) is 0 Å². The van der Waals surface area contributed by atoms with Crippen LogP contribution in [0.1, 0.15) is 11.1 Å². The summed E-state index contributed by atoms with van der Waals surface area (Å²) in [6.45, 7) is 4.04. The number of aromatic nitrogens is 6. The number of tetrazole rings is 1. The van der Waals surface area contributed by atoms with Crippen molar-refractivity contribution in [2.24, 2.45) is 0 Å². The molecule has 0 unspecified atom stereocenters. The quantitative estimate of drug-likeness (QED) is 0.558. The van der Waals surface area contributed by atoms with Crippen LogP contribution in [0.5, 0.6) is 0 Å². The van der Waals surface area contributed by atoms with E-state index in [1.54, 1.807) is 16.8 Å². The van der Waals surface area contributed by atoms with E-state index in [-0.39, 0.29) is 0 Å².